The zero-order chi connectivity index (χ0) is 20.2. The molecule has 4 aromatic rings. The molecule has 2 heterocycles. The van der Waals surface area contributed by atoms with Gasteiger partial charge in [-0.1, -0.05) is 30.3 Å². The lowest BCUT2D eigenvalue weighted by molar-refractivity contribution is 0.561. The number of hydrogen-bond donors (Lipinski definition) is 2. The molecule has 140 valence electrons. The largest absolute Gasteiger partial charge is 0.423 e. The van der Waals surface area contributed by atoms with E-state index < -0.39 is 11.2 Å². The van der Waals surface area contributed by atoms with E-state index in [4.69, 9.17) is 4.42 Å². The fraction of sp³-hybridized carbons (Fsp3) is 0. The summed E-state index contributed by atoms with van der Waals surface area (Å²) < 4.78 is 5.09. The van der Waals surface area contributed by atoms with Gasteiger partial charge in [-0.15, -0.1) is 0 Å². The summed E-state index contributed by atoms with van der Waals surface area (Å²) in [6.07, 6.45) is 1.53. The van der Waals surface area contributed by atoms with E-state index in [0.29, 0.717) is 11.1 Å². The lowest BCUT2D eigenvalue weighted by Crippen LogP contribution is -2.16. The van der Waals surface area contributed by atoms with Gasteiger partial charge in [0.25, 0.3) is 5.56 Å². The molecule has 2 N–H and O–H groups in total. The maximum Gasteiger partial charge on any atom is 0.336 e. The number of H-pyrrole nitrogens is 1. The Kier molecular flexibility index (Phi) is 4.70. The molecule has 0 atom stereocenters. The summed E-state index contributed by atoms with van der Waals surface area (Å²) >= 11 is 0. The van der Waals surface area contributed by atoms with Crippen LogP contribution in [0.2, 0.25) is 0 Å². The summed E-state index contributed by atoms with van der Waals surface area (Å²) in [6.45, 7) is 0. The maximum absolute atomic E-state index is 12.2. The van der Waals surface area contributed by atoms with Crippen molar-refractivity contribution in [1.29, 1.82) is 5.26 Å². The van der Waals surface area contributed by atoms with Crippen LogP contribution < -0.4 is 16.6 Å². The second-order valence-corrected chi connectivity index (χ2v) is 6.04. The molecule has 0 bridgehead atoms. The van der Waals surface area contributed by atoms with Gasteiger partial charge in [0.15, 0.2) is 0 Å². The third-order valence-corrected chi connectivity index (χ3v) is 4.11. The number of fused-ring (bicyclic) bond motifs is 1. The van der Waals surface area contributed by atoms with Gasteiger partial charge >= 0.3 is 5.63 Å². The molecular weight excluding hydrogens is 370 g/mol. The van der Waals surface area contributed by atoms with Crippen LogP contribution in [0.25, 0.3) is 22.2 Å². The number of nitriles is 1. The quantitative estimate of drug-likeness (QED) is 0.317. The topological polar surface area (TPSA) is 124 Å². The van der Waals surface area contributed by atoms with Gasteiger partial charge in [-0.3, -0.25) is 9.78 Å². The predicted octanol–water partition coefficient (Wildman–Crippen LogP) is 2.86. The molecule has 8 nitrogen and oxygen atoms in total. The minimum absolute atomic E-state index is 0.0678. The number of hydrazone groups is 1. The number of aromatic amines is 1. The first-order valence-corrected chi connectivity index (χ1v) is 8.57. The van der Waals surface area contributed by atoms with Crippen LogP contribution in [0, 0.1) is 11.3 Å². The molecule has 0 aliphatic carbocycles. The van der Waals surface area contributed by atoms with E-state index >= 15 is 0 Å². The number of aromatic nitrogens is 2. The van der Waals surface area contributed by atoms with Crippen molar-refractivity contribution in [2.75, 3.05) is 5.43 Å². The Morgan fingerprint density at radius 1 is 1.10 bits per heavy atom. The summed E-state index contributed by atoms with van der Waals surface area (Å²) in [4.78, 5) is 30.3. The number of hydrogen-bond acceptors (Lipinski definition) is 7. The predicted molar refractivity (Wildman–Crippen MR) is 109 cm³/mol. The Bertz CT molecular complexity index is 1380. The van der Waals surface area contributed by atoms with Crippen molar-refractivity contribution in [2.45, 2.75) is 0 Å². The fourth-order valence-corrected chi connectivity index (χ4v) is 2.77. The van der Waals surface area contributed by atoms with Crippen molar-refractivity contribution >= 4 is 23.1 Å². The molecule has 0 fully saturated rings. The lowest BCUT2D eigenvalue weighted by Gasteiger charge is -2.06. The first-order chi connectivity index (χ1) is 14.1. The molecule has 0 aliphatic heterocycles. The molecule has 0 saturated carbocycles. The number of nitrogens with zero attached hydrogens (tertiary/aromatic N) is 3. The van der Waals surface area contributed by atoms with Crippen LogP contribution in [0.3, 0.4) is 0 Å². The number of rotatable bonds is 4. The first kappa shape index (κ1) is 17.9. The minimum Gasteiger partial charge on any atom is -0.423 e. The van der Waals surface area contributed by atoms with Gasteiger partial charge in [0.1, 0.15) is 17.2 Å². The molecule has 0 aliphatic rings. The molecule has 0 saturated heterocycles. The van der Waals surface area contributed by atoms with E-state index in [-0.39, 0.29) is 17.2 Å². The van der Waals surface area contributed by atoms with Crippen LogP contribution in [0.4, 0.5) is 5.95 Å². The molecule has 8 heteroatoms. The van der Waals surface area contributed by atoms with Gasteiger partial charge in [-0.05, 0) is 29.8 Å². The molecule has 2 aromatic carbocycles. The number of nitrogens with one attached hydrogen (secondary N) is 2. The van der Waals surface area contributed by atoms with Crippen molar-refractivity contribution in [3.63, 3.8) is 0 Å². The zero-order valence-electron chi connectivity index (χ0n) is 14.9. The van der Waals surface area contributed by atoms with Crippen molar-refractivity contribution in [3.8, 4) is 17.3 Å². The minimum atomic E-state index is -0.556. The fourth-order valence-electron chi connectivity index (χ4n) is 2.77. The third-order valence-electron chi connectivity index (χ3n) is 4.11. The summed E-state index contributed by atoms with van der Waals surface area (Å²) in [6, 6.07) is 19.1. The normalized spacial score (nSPS) is 10.9. The van der Waals surface area contributed by atoms with E-state index in [9.17, 15) is 14.9 Å². The molecule has 0 unspecified atom stereocenters. The molecule has 2 aromatic heterocycles. The van der Waals surface area contributed by atoms with Crippen LogP contribution in [0.15, 0.2) is 79.8 Å². The third kappa shape index (κ3) is 3.79. The van der Waals surface area contributed by atoms with E-state index in [1.165, 1.54) is 12.3 Å². The Morgan fingerprint density at radius 3 is 2.72 bits per heavy atom. The van der Waals surface area contributed by atoms with E-state index in [2.05, 4.69) is 20.5 Å². The van der Waals surface area contributed by atoms with Gasteiger partial charge in [-0.2, -0.15) is 10.4 Å². The first-order valence-electron chi connectivity index (χ1n) is 8.57. The van der Waals surface area contributed by atoms with Gasteiger partial charge in [0, 0.05) is 17.0 Å². The number of anilines is 1. The molecule has 0 spiro atoms. The summed E-state index contributed by atoms with van der Waals surface area (Å²) in [5.74, 6) is 0.107. The zero-order valence-corrected chi connectivity index (χ0v) is 14.9. The standard InChI is InChI=1S/C21H13N5O3/c22-11-16-19(14-4-2-1-3-5-14)24-21(25-20(16)28)26-23-12-13-6-8-17-15(10-13)7-9-18(27)29-17/h1-10,12H,(H2,24,25,26,28). The molecular formula is C21H13N5O3. The highest BCUT2D eigenvalue weighted by Gasteiger charge is 2.12. The lowest BCUT2D eigenvalue weighted by atomic mass is 10.1. The highest BCUT2D eigenvalue weighted by molar-refractivity contribution is 5.88. The Morgan fingerprint density at radius 2 is 1.93 bits per heavy atom. The van der Waals surface area contributed by atoms with Crippen LogP contribution in [0.5, 0.6) is 0 Å². The smallest absolute Gasteiger partial charge is 0.336 e. The van der Waals surface area contributed by atoms with Gasteiger partial charge in [0.05, 0.1) is 11.9 Å². The molecule has 0 amide bonds. The number of benzene rings is 2. The highest BCUT2D eigenvalue weighted by Crippen LogP contribution is 2.19. The van der Waals surface area contributed by atoms with E-state index in [1.807, 2.05) is 12.1 Å². The van der Waals surface area contributed by atoms with Gasteiger partial charge in [-0.25, -0.2) is 15.2 Å². The van der Waals surface area contributed by atoms with Crippen LogP contribution in [-0.4, -0.2) is 16.2 Å². The average molecular weight is 383 g/mol. The van der Waals surface area contributed by atoms with E-state index in [1.54, 1.807) is 48.5 Å². The van der Waals surface area contributed by atoms with Crippen molar-refractivity contribution < 1.29 is 4.42 Å². The molecule has 4 rings (SSSR count). The second kappa shape index (κ2) is 7.62. The van der Waals surface area contributed by atoms with E-state index in [0.717, 1.165) is 10.9 Å². The second-order valence-electron chi connectivity index (χ2n) is 6.04. The average Bonchev–Trinajstić information content (AvgIpc) is 2.74. The van der Waals surface area contributed by atoms with Gasteiger partial charge < -0.3 is 4.42 Å². The van der Waals surface area contributed by atoms with Crippen LogP contribution in [0.1, 0.15) is 11.1 Å². The SMILES string of the molecule is N#Cc1c(-c2ccccc2)nc(NN=Cc2ccc3oc(=O)ccc3c2)[nH]c1=O. The van der Waals surface area contributed by atoms with Crippen molar-refractivity contribution in [2.24, 2.45) is 5.10 Å². The molecule has 0 radical (unpaired) electrons. The van der Waals surface area contributed by atoms with Crippen LogP contribution in [-0.2, 0) is 0 Å². The Balaban J connectivity index is 1.62. The summed E-state index contributed by atoms with van der Waals surface area (Å²) in [7, 11) is 0. The maximum atomic E-state index is 12.2. The summed E-state index contributed by atoms with van der Waals surface area (Å²) in [5, 5.41) is 14.1. The van der Waals surface area contributed by atoms with Crippen molar-refractivity contribution in [3.05, 3.63) is 92.6 Å². The Labute approximate surface area is 163 Å². The monoisotopic (exact) mass is 383 g/mol. The molecule has 29 heavy (non-hydrogen) atoms. The summed E-state index contributed by atoms with van der Waals surface area (Å²) in [5.41, 5.74) is 3.79. The van der Waals surface area contributed by atoms with Gasteiger partial charge in [0.2, 0.25) is 5.95 Å². The highest BCUT2D eigenvalue weighted by atomic mass is 16.4. The van der Waals surface area contributed by atoms with Crippen molar-refractivity contribution in [1.82, 2.24) is 9.97 Å². The Hall–Kier alpha value is -4.51. The van der Waals surface area contributed by atoms with Crippen LogP contribution >= 0.6 is 0 Å².